The molecule has 0 aromatic heterocycles. The fourth-order valence-electron chi connectivity index (χ4n) is 3.06. The quantitative estimate of drug-likeness (QED) is 0.740. The molecule has 0 aliphatic carbocycles. The highest BCUT2D eigenvalue weighted by atomic mass is 32.2. The average molecular weight is 404 g/mol. The number of carbonyl (C=O) groups is 1. The summed E-state index contributed by atoms with van der Waals surface area (Å²) in [5.74, 6) is 0.156. The lowest BCUT2D eigenvalue weighted by Gasteiger charge is -2.23. The van der Waals surface area contributed by atoms with E-state index in [1.165, 1.54) is 31.4 Å². The minimum atomic E-state index is -3.81. The molecule has 0 spiro atoms. The second kappa shape index (κ2) is 8.20. The SMILES string of the molecule is COc1ccccc1NS(=O)(=O)c1ccc(C(=O)NCC2(C)CCCO2)cc1. The highest BCUT2D eigenvalue weighted by Gasteiger charge is 2.30. The van der Waals surface area contributed by atoms with Crippen LogP contribution in [0.5, 0.6) is 5.75 Å². The van der Waals surface area contributed by atoms with E-state index in [1.807, 2.05) is 6.92 Å². The first-order chi connectivity index (χ1) is 13.3. The number of methoxy groups -OCH3 is 1. The normalized spacial score (nSPS) is 19.2. The van der Waals surface area contributed by atoms with E-state index in [0.29, 0.717) is 30.2 Å². The molecule has 1 aliphatic rings. The fourth-order valence-corrected chi connectivity index (χ4v) is 4.13. The molecule has 28 heavy (non-hydrogen) atoms. The van der Waals surface area contributed by atoms with Gasteiger partial charge in [-0.05, 0) is 56.2 Å². The zero-order valence-corrected chi connectivity index (χ0v) is 16.7. The molecule has 1 fully saturated rings. The maximum Gasteiger partial charge on any atom is 0.262 e. The smallest absolute Gasteiger partial charge is 0.262 e. The third-order valence-electron chi connectivity index (χ3n) is 4.70. The Hall–Kier alpha value is -2.58. The fraction of sp³-hybridized carbons (Fsp3) is 0.350. The molecule has 8 heteroatoms. The second-order valence-corrected chi connectivity index (χ2v) is 8.60. The van der Waals surface area contributed by atoms with Gasteiger partial charge in [0.2, 0.25) is 0 Å². The molecule has 2 aromatic rings. The first-order valence-electron chi connectivity index (χ1n) is 9.01. The van der Waals surface area contributed by atoms with E-state index in [0.717, 1.165) is 12.8 Å². The van der Waals surface area contributed by atoms with Gasteiger partial charge in [-0.1, -0.05) is 12.1 Å². The molecule has 3 rings (SSSR count). The Balaban J connectivity index is 1.68. The Morgan fingerprint density at radius 2 is 1.89 bits per heavy atom. The van der Waals surface area contributed by atoms with Crippen LogP contribution in [-0.4, -0.2) is 40.2 Å². The van der Waals surface area contributed by atoms with Crippen LogP contribution in [0.4, 0.5) is 5.69 Å². The molecular weight excluding hydrogens is 380 g/mol. The summed E-state index contributed by atoms with van der Waals surface area (Å²) in [6.07, 6.45) is 1.89. The lowest BCUT2D eigenvalue weighted by atomic mass is 10.0. The van der Waals surface area contributed by atoms with Gasteiger partial charge in [-0.2, -0.15) is 0 Å². The Bertz CT molecular complexity index is 935. The van der Waals surface area contributed by atoms with Crippen molar-refractivity contribution in [1.82, 2.24) is 5.32 Å². The summed E-state index contributed by atoms with van der Waals surface area (Å²) in [6.45, 7) is 3.10. The van der Waals surface area contributed by atoms with Crippen LogP contribution < -0.4 is 14.8 Å². The minimum absolute atomic E-state index is 0.0565. The Kier molecular flexibility index (Phi) is 5.90. The number of nitrogens with one attached hydrogen (secondary N) is 2. The van der Waals surface area contributed by atoms with E-state index in [1.54, 1.807) is 24.3 Å². The van der Waals surface area contributed by atoms with Crippen LogP contribution in [0.3, 0.4) is 0 Å². The third kappa shape index (κ3) is 4.63. The maximum atomic E-state index is 12.6. The highest BCUT2D eigenvalue weighted by Crippen LogP contribution is 2.26. The van der Waals surface area contributed by atoms with Crippen molar-refractivity contribution in [3.8, 4) is 5.75 Å². The first kappa shape index (κ1) is 20.2. The van der Waals surface area contributed by atoms with Crippen LogP contribution in [0.15, 0.2) is 53.4 Å². The van der Waals surface area contributed by atoms with Crippen molar-refractivity contribution in [1.29, 1.82) is 0 Å². The van der Waals surface area contributed by atoms with Crippen LogP contribution in [0.1, 0.15) is 30.1 Å². The van der Waals surface area contributed by atoms with Gasteiger partial charge in [-0.3, -0.25) is 9.52 Å². The Morgan fingerprint density at radius 3 is 2.54 bits per heavy atom. The van der Waals surface area contributed by atoms with Crippen molar-refractivity contribution < 1.29 is 22.7 Å². The largest absolute Gasteiger partial charge is 0.495 e. The second-order valence-electron chi connectivity index (χ2n) is 6.91. The Morgan fingerprint density at radius 1 is 1.18 bits per heavy atom. The number of amides is 1. The van der Waals surface area contributed by atoms with Crippen LogP contribution in [0.2, 0.25) is 0 Å². The van der Waals surface area contributed by atoms with Crippen LogP contribution in [0.25, 0.3) is 0 Å². The summed E-state index contributed by atoms with van der Waals surface area (Å²) in [5, 5.41) is 2.85. The number of anilines is 1. The summed E-state index contributed by atoms with van der Waals surface area (Å²) in [6, 6.07) is 12.5. The van der Waals surface area contributed by atoms with Crippen LogP contribution in [-0.2, 0) is 14.8 Å². The van der Waals surface area contributed by atoms with Gasteiger partial charge in [0, 0.05) is 18.7 Å². The first-order valence-corrected chi connectivity index (χ1v) is 10.5. The van der Waals surface area contributed by atoms with E-state index in [9.17, 15) is 13.2 Å². The zero-order chi connectivity index (χ0) is 20.2. The van der Waals surface area contributed by atoms with Gasteiger partial charge >= 0.3 is 0 Å². The van der Waals surface area contributed by atoms with Crippen molar-refractivity contribution in [2.45, 2.75) is 30.3 Å². The molecule has 0 bridgehead atoms. The lowest BCUT2D eigenvalue weighted by Crippen LogP contribution is -2.40. The molecular formula is C20H24N2O5S. The molecule has 1 heterocycles. The van der Waals surface area contributed by atoms with Crippen molar-refractivity contribution in [3.05, 3.63) is 54.1 Å². The summed E-state index contributed by atoms with van der Waals surface area (Å²) in [4.78, 5) is 12.4. The number of benzene rings is 2. The van der Waals surface area contributed by atoms with Gasteiger partial charge in [0.1, 0.15) is 5.75 Å². The number of hydrogen-bond acceptors (Lipinski definition) is 5. The minimum Gasteiger partial charge on any atom is -0.495 e. The summed E-state index contributed by atoms with van der Waals surface area (Å²) in [5.41, 5.74) is 0.395. The van der Waals surface area contributed by atoms with Crippen molar-refractivity contribution in [2.75, 3.05) is 25.0 Å². The maximum absolute atomic E-state index is 12.6. The molecule has 150 valence electrons. The van der Waals surface area contributed by atoms with E-state index >= 15 is 0 Å². The number of ether oxygens (including phenoxy) is 2. The van der Waals surface area contributed by atoms with E-state index in [4.69, 9.17) is 9.47 Å². The van der Waals surface area contributed by atoms with Crippen LogP contribution >= 0.6 is 0 Å². The standard InChI is InChI=1S/C20H24N2O5S/c1-20(12-5-13-27-20)14-21-19(23)15-8-10-16(11-9-15)28(24,25)22-17-6-3-4-7-18(17)26-2/h3-4,6-11,22H,5,12-14H2,1-2H3,(H,21,23). The highest BCUT2D eigenvalue weighted by molar-refractivity contribution is 7.92. The molecule has 1 amide bonds. The third-order valence-corrected chi connectivity index (χ3v) is 6.08. The van der Waals surface area contributed by atoms with Crippen LogP contribution in [0, 0.1) is 0 Å². The molecule has 0 saturated carbocycles. The van der Waals surface area contributed by atoms with E-state index in [2.05, 4.69) is 10.0 Å². The molecule has 1 unspecified atom stereocenters. The predicted octanol–water partition coefficient (Wildman–Crippen LogP) is 2.79. The topological polar surface area (TPSA) is 93.7 Å². The molecule has 1 aliphatic heterocycles. The van der Waals surface area contributed by atoms with Gasteiger partial charge in [-0.15, -0.1) is 0 Å². The monoisotopic (exact) mass is 404 g/mol. The number of sulfonamides is 1. The van der Waals surface area contributed by atoms with Crippen molar-refractivity contribution in [3.63, 3.8) is 0 Å². The number of rotatable bonds is 7. The number of carbonyl (C=O) groups excluding carboxylic acids is 1. The molecule has 1 atom stereocenters. The van der Waals surface area contributed by atoms with Gasteiger partial charge in [-0.25, -0.2) is 8.42 Å². The molecule has 2 N–H and O–H groups in total. The number of hydrogen-bond donors (Lipinski definition) is 2. The van der Waals surface area contributed by atoms with E-state index < -0.39 is 10.0 Å². The predicted molar refractivity (Wildman–Crippen MR) is 106 cm³/mol. The lowest BCUT2D eigenvalue weighted by molar-refractivity contribution is 0.0206. The van der Waals surface area contributed by atoms with Gasteiger partial charge in [0.15, 0.2) is 0 Å². The Labute approximate surface area is 165 Å². The molecule has 7 nitrogen and oxygen atoms in total. The van der Waals surface area contributed by atoms with Gasteiger partial charge in [0.25, 0.3) is 15.9 Å². The summed E-state index contributed by atoms with van der Waals surface area (Å²) in [7, 11) is -2.34. The zero-order valence-electron chi connectivity index (χ0n) is 15.9. The van der Waals surface area contributed by atoms with E-state index in [-0.39, 0.29) is 16.4 Å². The molecule has 2 aromatic carbocycles. The van der Waals surface area contributed by atoms with Gasteiger partial charge in [0.05, 0.1) is 23.3 Å². The van der Waals surface area contributed by atoms with Crippen molar-refractivity contribution in [2.24, 2.45) is 0 Å². The summed E-state index contributed by atoms with van der Waals surface area (Å²) >= 11 is 0. The average Bonchev–Trinajstić information content (AvgIpc) is 3.13. The molecule has 0 radical (unpaired) electrons. The summed E-state index contributed by atoms with van der Waals surface area (Å²) < 4.78 is 38.5. The van der Waals surface area contributed by atoms with Gasteiger partial charge < -0.3 is 14.8 Å². The molecule has 1 saturated heterocycles. The van der Waals surface area contributed by atoms with Crippen molar-refractivity contribution >= 4 is 21.6 Å². The number of para-hydroxylation sites is 2.